The highest BCUT2D eigenvalue weighted by molar-refractivity contribution is 7.90. The van der Waals surface area contributed by atoms with Gasteiger partial charge >= 0.3 is 0 Å². The van der Waals surface area contributed by atoms with Crippen LogP contribution in [0.2, 0.25) is 0 Å². The summed E-state index contributed by atoms with van der Waals surface area (Å²) in [5, 5.41) is 11.0. The van der Waals surface area contributed by atoms with Gasteiger partial charge in [0, 0.05) is 11.9 Å². The van der Waals surface area contributed by atoms with Gasteiger partial charge < -0.3 is 9.52 Å². The molecule has 6 heteroatoms. The molecule has 0 saturated heterocycles. The van der Waals surface area contributed by atoms with Crippen molar-refractivity contribution in [2.45, 2.75) is 30.6 Å². The van der Waals surface area contributed by atoms with E-state index in [9.17, 15) is 13.5 Å². The maximum Gasteiger partial charge on any atom is 0.214 e. The Balaban J connectivity index is 1.80. The zero-order valence-electron chi connectivity index (χ0n) is 11.2. The zero-order chi connectivity index (χ0) is 14.4. The molecule has 2 N–H and O–H groups in total. The summed E-state index contributed by atoms with van der Waals surface area (Å²) in [5.41, 5.74) is -0.700. The van der Waals surface area contributed by atoms with Crippen molar-refractivity contribution in [3.05, 3.63) is 36.1 Å². The number of furan rings is 1. The van der Waals surface area contributed by atoms with E-state index in [1.165, 1.54) is 0 Å². The molecule has 0 aliphatic heterocycles. The zero-order valence-corrected chi connectivity index (χ0v) is 12.0. The largest absolute Gasteiger partial charge is 0.458 e. The summed E-state index contributed by atoms with van der Waals surface area (Å²) in [6.07, 6.45) is 1.39. The summed E-state index contributed by atoms with van der Waals surface area (Å²) in [6.45, 7) is 1.45. The molecular formula is C14H17NO4S. The van der Waals surface area contributed by atoms with Gasteiger partial charge in [-0.25, -0.2) is 13.1 Å². The molecule has 108 valence electrons. The number of aliphatic hydroxyl groups is 1. The molecule has 1 aliphatic rings. The molecule has 0 amide bonds. The molecule has 2 aromatic rings. The van der Waals surface area contributed by atoms with Crippen molar-refractivity contribution in [1.29, 1.82) is 0 Å². The van der Waals surface area contributed by atoms with E-state index in [1.807, 2.05) is 24.3 Å². The van der Waals surface area contributed by atoms with Gasteiger partial charge in [-0.1, -0.05) is 18.2 Å². The third-order valence-corrected chi connectivity index (χ3v) is 5.43. The highest BCUT2D eigenvalue weighted by Gasteiger charge is 2.37. The van der Waals surface area contributed by atoms with Crippen LogP contribution in [-0.2, 0) is 15.6 Å². The summed E-state index contributed by atoms with van der Waals surface area (Å²) < 4.78 is 31.6. The highest BCUT2D eigenvalue weighted by Crippen LogP contribution is 2.30. The molecule has 5 nitrogen and oxygen atoms in total. The second kappa shape index (κ2) is 4.58. The van der Waals surface area contributed by atoms with Gasteiger partial charge in [0.05, 0.1) is 5.25 Å². The number of benzene rings is 1. The van der Waals surface area contributed by atoms with Gasteiger partial charge in [-0.2, -0.15) is 0 Å². The first-order chi connectivity index (χ1) is 9.38. The van der Waals surface area contributed by atoms with Crippen molar-refractivity contribution in [2.24, 2.45) is 0 Å². The Morgan fingerprint density at radius 1 is 1.40 bits per heavy atom. The molecule has 1 fully saturated rings. The van der Waals surface area contributed by atoms with Gasteiger partial charge in [-0.3, -0.25) is 0 Å². The van der Waals surface area contributed by atoms with E-state index in [0.717, 1.165) is 5.39 Å². The SMILES string of the molecule is C[C@](O)(CNS(=O)(=O)C1CC1)c1cc2ccccc2o1. The first-order valence-electron chi connectivity index (χ1n) is 6.58. The number of hydrogen-bond donors (Lipinski definition) is 2. The molecule has 0 radical (unpaired) electrons. The number of para-hydroxylation sites is 1. The Kier molecular flexibility index (Phi) is 3.12. The number of sulfonamides is 1. The minimum Gasteiger partial charge on any atom is -0.458 e. The highest BCUT2D eigenvalue weighted by atomic mass is 32.2. The first kappa shape index (κ1) is 13.6. The lowest BCUT2D eigenvalue weighted by Crippen LogP contribution is -2.39. The second-order valence-corrected chi connectivity index (χ2v) is 7.53. The van der Waals surface area contributed by atoms with Crippen molar-refractivity contribution < 1.29 is 17.9 Å². The van der Waals surface area contributed by atoms with Crippen molar-refractivity contribution >= 4 is 21.0 Å². The van der Waals surface area contributed by atoms with Crippen LogP contribution >= 0.6 is 0 Å². The number of rotatable bonds is 5. The minimum absolute atomic E-state index is 0.0916. The van der Waals surface area contributed by atoms with E-state index in [4.69, 9.17) is 4.42 Å². The van der Waals surface area contributed by atoms with Gasteiger partial charge in [0.15, 0.2) is 0 Å². The van der Waals surface area contributed by atoms with Crippen LogP contribution in [0.4, 0.5) is 0 Å². The van der Waals surface area contributed by atoms with E-state index < -0.39 is 15.6 Å². The molecular weight excluding hydrogens is 278 g/mol. The fourth-order valence-corrected chi connectivity index (χ4v) is 3.55. The molecule has 1 saturated carbocycles. The first-order valence-corrected chi connectivity index (χ1v) is 8.13. The summed E-state index contributed by atoms with van der Waals surface area (Å²) in [7, 11) is -3.31. The van der Waals surface area contributed by atoms with Crippen LogP contribution in [0.1, 0.15) is 25.5 Å². The predicted molar refractivity (Wildman–Crippen MR) is 75.7 cm³/mol. The van der Waals surface area contributed by atoms with E-state index in [1.54, 1.807) is 13.0 Å². The van der Waals surface area contributed by atoms with Crippen molar-refractivity contribution in [3.63, 3.8) is 0 Å². The Hall–Kier alpha value is -1.37. The Labute approximate surface area is 117 Å². The van der Waals surface area contributed by atoms with E-state index in [0.29, 0.717) is 24.2 Å². The van der Waals surface area contributed by atoms with E-state index in [2.05, 4.69) is 4.72 Å². The van der Waals surface area contributed by atoms with Crippen LogP contribution in [0, 0.1) is 0 Å². The second-order valence-electron chi connectivity index (χ2n) is 5.49. The minimum atomic E-state index is -3.31. The van der Waals surface area contributed by atoms with Crippen LogP contribution in [0.5, 0.6) is 0 Å². The van der Waals surface area contributed by atoms with Gasteiger partial charge in [-0.05, 0) is 31.9 Å². The molecule has 1 atom stereocenters. The summed E-state index contributed by atoms with van der Waals surface area (Å²) >= 11 is 0. The number of hydrogen-bond acceptors (Lipinski definition) is 4. The summed E-state index contributed by atoms with van der Waals surface area (Å²) in [6, 6.07) is 9.16. The Morgan fingerprint density at radius 2 is 2.10 bits per heavy atom. The lowest BCUT2D eigenvalue weighted by atomic mass is 10.0. The Morgan fingerprint density at radius 3 is 2.75 bits per heavy atom. The van der Waals surface area contributed by atoms with Crippen LogP contribution < -0.4 is 4.72 Å². The fourth-order valence-electron chi connectivity index (χ4n) is 2.07. The van der Waals surface area contributed by atoms with Crippen LogP contribution in [0.3, 0.4) is 0 Å². The smallest absolute Gasteiger partial charge is 0.214 e. The molecule has 1 heterocycles. The van der Waals surface area contributed by atoms with Gasteiger partial charge in [0.1, 0.15) is 16.9 Å². The Bertz CT molecular complexity index is 695. The topological polar surface area (TPSA) is 79.5 Å². The normalized spacial score (nSPS) is 19.1. The molecule has 20 heavy (non-hydrogen) atoms. The number of nitrogens with one attached hydrogen (secondary N) is 1. The van der Waals surface area contributed by atoms with Gasteiger partial charge in [-0.15, -0.1) is 0 Å². The van der Waals surface area contributed by atoms with Crippen molar-refractivity contribution in [3.8, 4) is 0 Å². The van der Waals surface area contributed by atoms with Crippen LogP contribution in [0.25, 0.3) is 11.0 Å². The van der Waals surface area contributed by atoms with Gasteiger partial charge in [0.2, 0.25) is 10.0 Å². The molecule has 1 aromatic heterocycles. The maximum atomic E-state index is 11.8. The third-order valence-electron chi connectivity index (χ3n) is 3.54. The summed E-state index contributed by atoms with van der Waals surface area (Å²) in [4.78, 5) is 0. The molecule has 1 aromatic carbocycles. The monoisotopic (exact) mass is 295 g/mol. The van der Waals surface area contributed by atoms with E-state index >= 15 is 0 Å². The molecule has 0 spiro atoms. The van der Waals surface area contributed by atoms with Crippen LogP contribution in [-0.4, -0.2) is 25.3 Å². The van der Waals surface area contributed by atoms with Crippen molar-refractivity contribution in [1.82, 2.24) is 4.72 Å². The quantitative estimate of drug-likeness (QED) is 0.880. The molecule has 3 rings (SSSR count). The fraction of sp³-hybridized carbons (Fsp3) is 0.429. The van der Waals surface area contributed by atoms with Crippen molar-refractivity contribution in [2.75, 3.05) is 6.54 Å². The summed E-state index contributed by atoms with van der Waals surface area (Å²) in [5.74, 6) is 0.359. The third kappa shape index (κ3) is 2.59. The van der Waals surface area contributed by atoms with Gasteiger partial charge in [0.25, 0.3) is 0 Å². The molecule has 0 unspecified atom stereocenters. The maximum absolute atomic E-state index is 11.8. The number of fused-ring (bicyclic) bond motifs is 1. The lowest BCUT2D eigenvalue weighted by molar-refractivity contribution is 0.0411. The predicted octanol–water partition coefficient (Wildman–Crippen LogP) is 1.72. The average molecular weight is 295 g/mol. The van der Waals surface area contributed by atoms with Crippen LogP contribution in [0.15, 0.2) is 34.7 Å². The average Bonchev–Trinajstić information content (AvgIpc) is 3.16. The lowest BCUT2D eigenvalue weighted by Gasteiger charge is -2.21. The molecule has 0 bridgehead atoms. The molecule has 1 aliphatic carbocycles. The van der Waals surface area contributed by atoms with E-state index in [-0.39, 0.29) is 11.8 Å². The standard InChI is InChI=1S/C14H17NO4S/c1-14(16,9-15-20(17,18)11-6-7-11)13-8-10-4-2-3-5-12(10)19-13/h2-5,8,11,15-16H,6-7,9H2,1H3/t14-/m0/s1.